The zero-order valence-corrected chi connectivity index (χ0v) is 11.3. The second kappa shape index (κ2) is 5.31. The van der Waals surface area contributed by atoms with Crippen LogP contribution in [0.4, 0.5) is 13.2 Å². The average Bonchev–Trinajstić information content (AvgIpc) is 2.80. The maximum atomic E-state index is 12.6. The summed E-state index contributed by atoms with van der Waals surface area (Å²) >= 11 is 6.44. The van der Waals surface area contributed by atoms with Gasteiger partial charge < -0.3 is 5.11 Å². The summed E-state index contributed by atoms with van der Waals surface area (Å²) < 4.78 is 38.2. The van der Waals surface area contributed by atoms with Crippen molar-refractivity contribution in [1.82, 2.24) is 4.98 Å². The summed E-state index contributed by atoms with van der Waals surface area (Å²) in [5.41, 5.74) is -0.824. The number of hydrogen-bond acceptors (Lipinski definition) is 4. The lowest BCUT2D eigenvalue weighted by Crippen LogP contribution is -2.03. The van der Waals surface area contributed by atoms with Gasteiger partial charge in [0.25, 0.3) is 0 Å². The van der Waals surface area contributed by atoms with E-state index in [0.717, 1.165) is 23.5 Å². The van der Waals surface area contributed by atoms with Crippen molar-refractivity contribution in [1.29, 1.82) is 5.26 Å². The van der Waals surface area contributed by atoms with Gasteiger partial charge in [0, 0.05) is 0 Å². The minimum absolute atomic E-state index is 0.120. The fourth-order valence-corrected chi connectivity index (χ4v) is 2.61. The van der Waals surface area contributed by atoms with E-state index in [1.807, 2.05) is 0 Å². The Labute approximate surface area is 120 Å². The van der Waals surface area contributed by atoms with Gasteiger partial charge in [-0.1, -0.05) is 0 Å². The molecule has 1 aromatic heterocycles. The fraction of sp³-hybridized carbons (Fsp3) is 0.167. The molecule has 1 heterocycles. The van der Waals surface area contributed by atoms with E-state index in [1.165, 1.54) is 6.07 Å². The van der Waals surface area contributed by atoms with E-state index in [1.54, 1.807) is 6.07 Å². The molecule has 1 N–H and O–H groups in total. The second-order valence-corrected chi connectivity index (χ2v) is 5.06. The zero-order chi connectivity index (χ0) is 14.9. The monoisotopic (exact) mass is 318 g/mol. The Morgan fingerprint density at radius 1 is 1.45 bits per heavy atom. The third-order valence-electron chi connectivity index (χ3n) is 2.46. The maximum Gasteiger partial charge on any atom is 0.416 e. The van der Waals surface area contributed by atoms with Gasteiger partial charge in [-0.2, -0.15) is 18.4 Å². The van der Waals surface area contributed by atoms with Gasteiger partial charge in [0.1, 0.15) is 22.4 Å². The molecule has 0 aliphatic rings. The standard InChI is InChI=1S/C12H6ClF3N2OS/c13-4-9(19)7(5-17)11-18-8-3-6(12(14,15)16)1-2-10(8)20-11/h1-3,19H,4H2/b9-7-. The lowest BCUT2D eigenvalue weighted by atomic mass is 10.2. The van der Waals surface area contributed by atoms with Gasteiger partial charge in [-0.3, -0.25) is 0 Å². The first kappa shape index (κ1) is 14.6. The molecule has 8 heteroatoms. The minimum Gasteiger partial charge on any atom is -0.510 e. The number of benzene rings is 1. The number of rotatable bonds is 2. The molecule has 0 fully saturated rings. The van der Waals surface area contributed by atoms with Crippen molar-refractivity contribution in [3.05, 3.63) is 34.5 Å². The molecule has 0 atom stereocenters. The van der Waals surface area contributed by atoms with Crippen LogP contribution >= 0.6 is 22.9 Å². The van der Waals surface area contributed by atoms with Gasteiger partial charge in [0.15, 0.2) is 0 Å². The van der Waals surface area contributed by atoms with E-state index in [9.17, 15) is 18.3 Å². The first-order chi connectivity index (χ1) is 9.36. The number of alkyl halides is 4. The molecule has 0 radical (unpaired) electrons. The largest absolute Gasteiger partial charge is 0.510 e. The van der Waals surface area contributed by atoms with Crippen LogP contribution in [0.1, 0.15) is 10.6 Å². The number of thiazole rings is 1. The Hall–Kier alpha value is -1.78. The molecular weight excluding hydrogens is 313 g/mol. The molecule has 0 bridgehead atoms. The molecule has 0 aliphatic carbocycles. The van der Waals surface area contributed by atoms with Crippen LogP contribution in [0.25, 0.3) is 15.8 Å². The summed E-state index contributed by atoms with van der Waals surface area (Å²) in [5.74, 6) is -0.628. The first-order valence-corrected chi connectivity index (χ1v) is 6.58. The smallest absolute Gasteiger partial charge is 0.416 e. The number of nitriles is 1. The fourth-order valence-electron chi connectivity index (χ4n) is 1.51. The van der Waals surface area contributed by atoms with Gasteiger partial charge >= 0.3 is 6.18 Å². The Bertz CT molecular complexity index is 730. The zero-order valence-electron chi connectivity index (χ0n) is 9.70. The Balaban J connectivity index is 2.58. The molecule has 20 heavy (non-hydrogen) atoms. The van der Waals surface area contributed by atoms with Crippen molar-refractivity contribution in [2.24, 2.45) is 0 Å². The molecular formula is C12H6ClF3N2OS. The lowest BCUT2D eigenvalue weighted by Gasteiger charge is -2.04. The summed E-state index contributed by atoms with van der Waals surface area (Å²) in [6.45, 7) is 0. The summed E-state index contributed by atoms with van der Waals surface area (Å²) in [4.78, 5) is 3.95. The van der Waals surface area contributed by atoms with Crippen LogP contribution in [0.15, 0.2) is 24.0 Å². The van der Waals surface area contributed by atoms with Crippen LogP contribution in [0.5, 0.6) is 0 Å². The molecule has 0 unspecified atom stereocenters. The topological polar surface area (TPSA) is 56.9 Å². The van der Waals surface area contributed by atoms with E-state index in [2.05, 4.69) is 4.98 Å². The van der Waals surface area contributed by atoms with Gasteiger partial charge in [-0.05, 0) is 18.2 Å². The highest BCUT2D eigenvalue weighted by Gasteiger charge is 2.30. The summed E-state index contributed by atoms with van der Waals surface area (Å²) in [6, 6.07) is 4.88. The number of fused-ring (bicyclic) bond motifs is 1. The highest BCUT2D eigenvalue weighted by atomic mass is 35.5. The Kier molecular flexibility index (Phi) is 3.88. The number of halogens is 4. The molecule has 2 aromatic rings. The highest BCUT2D eigenvalue weighted by molar-refractivity contribution is 7.19. The minimum atomic E-state index is -4.45. The normalized spacial score (nSPS) is 13.2. The van der Waals surface area contributed by atoms with Gasteiger partial charge in [0.05, 0.1) is 21.7 Å². The van der Waals surface area contributed by atoms with Crippen LogP contribution in [0.3, 0.4) is 0 Å². The quantitative estimate of drug-likeness (QED) is 0.509. The van der Waals surface area contributed by atoms with Gasteiger partial charge in [-0.25, -0.2) is 4.98 Å². The summed E-state index contributed by atoms with van der Waals surface area (Å²) in [6.07, 6.45) is -4.45. The molecule has 0 aliphatic heterocycles. The van der Waals surface area contributed by atoms with Crippen LogP contribution < -0.4 is 0 Å². The number of aromatic nitrogens is 1. The number of aliphatic hydroxyl groups excluding tert-OH is 1. The molecule has 104 valence electrons. The number of hydrogen-bond donors (Lipinski definition) is 1. The van der Waals surface area contributed by atoms with Crippen molar-refractivity contribution in [2.75, 3.05) is 5.88 Å². The molecule has 0 amide bonds. The van der Waals surface area contributed by atoms with Crippen molar-refractivity contribution in [2.45, 2.75) is 6.18 Å². The maximum absolute atomic E-state index is 12.6. The van der Waals surface area contributed by atoms with E-state index in [4.69, 9.17) is 16.9 Å². The van der Waals surface area contributed by atoms with E-state index in [-0.39, 0.29) is 27.7 Å². The van der Waals surface area contributed by atoms with E-state index < -0.39 is 11.7 Å². The van der Waals surface area contributed by atoms with Crippen molar-refractivity contribution >= 4 is 38.7 Å². The van der Waals surface area contributed by atoms with Crippen LogP contribution in [0.2, 0.25) is 0 Å². The van der Waals surface area contributed by atoms with E-state index >= 15 is 0 Å². The third kappa shape index (κ3) is 2.71. The molecule has 2 rings (SSSR count). The van der Waals surface area contributed by atoms with Crippen LogP contribution in [-0.4, -0.2) is 16.0 Å². The lowest BCUT2D eigenvalue weighted by molar-refractivity contribution is -0.137. The number of aliphatic hydroxyl groups is 1. The second-order valence-electron chi connectivity index (χ2n) is 3.77. The molecule has 1 aromatic carbocycles. The number of nitrogens with zero attached hydrogens (tertiary/aromatic N) is 2. The predicted molar refractivity (Wildman–Crippen MR) is 70.5 cm³/mol. The molecule has 0 saturated heterocycles. The predicted octanol–water partition coefficient (Wildman–Crippen LogP) is 4.35. The third-order valence-corrected chi connectivity index (χ3v) is 3.76. The van der Waals surface area contributed by atoms with Crippen LogP contribution in [-0.2, 0) is 6.18 Å². The van der Waals surface area contributed by atoms with Crippen LogP contribution in [0, 0.1) is 11.3 Å². The van der Waals surface area contributed by atoms with Gasteiger partial charge in [0.2, 0.25) is 0 Å². The summed E-state index contributed by atoms with van der Waals surface area (Å²) in [5, 5.41) is 18.6. The average molecular weight is 319 g/mol. The highest BCUT2D eigenvalue weighted by Crippen LogP contribution is 2.34. The molecule has 3 nitrogen and oxygen atoms in total. The van der Waals surface area contributed by atoms with E-state index in [0.29, 0.717) is 4.70 Å². The van der Waals surface area contributed by atoms with Crippen molar-refractivity contribution in [3.8, 4) is 6.07 Å². The van der Waals surface area contributed by atoms with Crippen molar-refractivity contribution in [3.63, 3.8) is 0 Å². The van der Waals surface area contributed by atoms with Gasteiger partial charge in [-0.15, -0.1) is 22.9 Å². The Morgan fingerprint density at radius 2 is 2.15 bits per heavy atom. The SMILES string of the molecule is N#C/C(=C(/O)CCl)c1nc2cc(C(F)(F)F)ccc2s1. The molecule has 0 spiro atoms. The molecule has 0 saturated carbocycles. The summed E-state index contributed by atoms with van der Waals surface area (Å²) in [7, 11) is 0. The number of allylic oxidation sites excluding steroid dienone is 2. The Morgan fingerprint density at radius 3 is 2.70 bits per heavy atom. The first-order valence-electron chi connectivity index (χ1n) is 5.23. The van der Waals surface area contributed by atoms with Crippen molar-refractivity contribution < 1.29 is 18.3 Å².